The quantitative estimate of drug-likeness (QED) is 0.539. The predicted octanol–water partition coefficient (Wildman–Crippen LogP) is 5.88. The van der Waals surface area contributed by atoms with Gasteiger partial charge in [-0.3, -0.25) is 4.79 Å². The molecule has 0 unspecified atom stereocenters. The Bertz CT molecular complexity index is 706. The minimum atomic E-state index is -0.581. The number of halogens is 1. The van der Waals surface area contributed by atoms with Crippen LogP contribution in [0, 0.1) is 5.41 Å². The number of benzene rings is 2. The summed E-state index contributed by atoms with van der Waals surface area (Å²) in [6.45, 7) is 7.85. The molecule has 2 aromatic rings. The second kappa shape index (κ2) is 8.95. The predicted molar refractivity (Wildman–Crippen MR) is 103 cm³/mol. The molecule has 26 heavy (non-hydrogen) atoms. The lowest BCUT2D eigenvalue weighted by Gasteiger charge is -2.23. The van der Waals surface area contributed by atoms with Crippen molar-refractivity contribution in [1.29, 1.82) is 0 Å². The average Bonchev–Trinajstić information content (AvgIpc) is 2.58. The number of carbonyl (C=O) groups is 1. The van der Waals surface area contributed by atoms with E-state index in [1.54, 1.807) is 12.1 Å². The minimum Gasteiger partial charge on any atom is -0.494 e. The molecular formula is C21H25ClO4. The van der Waals surface area contributed by atoms with Crippen LogP contribution in [0.5, 0.6) is 17.2 Å². The highest BCUT2D eigenvalue weighted by atomic mass is 35.5. The molecule has 0 heterocycles. The Hall–Kier alpha value is -2.20. The first-order valence-corrected chi connectivity index (χ1v) is 9.01. The summed E-state index contributed by atoms with van der Waals surface area (Å²) < 4.78 is 16.8. The topological polar surface area (TPSA) is 44.8 Å². The first-order valence-electron chi connectivity index (χ1n) is 8.63. The van der Waals surface area contributed by atoms with E-state index < -0.39 is 5.41 Å². The Morgan fingerprint density at radius 1 is 0.962 bits per heavy atom. The summed E-state index contributed by atoms with van der Waals surface area (Å²) in [6, 6.07) is 14.5. The van der Waals surface area contributed by atoms with Crippen LogP contribution in [0.4, 0.5) is 0 Å². The van der Waals surface area contributed by atoms with Gasteiger partial charge in [0.2, 0.25) is 0 Å². The van der Waals surface area contributed by atoms with Crippen molar-refractivity contribution in [3.8, 4) is 17.2 Å². The van der Waals surface area contributed by atoms with E-state index in [1.165, 1.54) is 0 Å². The van der Waals surface area contributed by atoms with Crippen molar-refractivity contribution in [2.45, 2.75) is 40.2 Å². The third-order valence-corrected chi connectivity index (χ3v) is 4.02. The highest BCUT2D eigenvalue weighted by Gasteiger charge is 2.29. The smallest absolute Gasteiger partial charge is 0.311 e. The third kappa shape index (κ3) is 6.26. The van der Waals surface area contributed by atoms with Crippen molar-refractivity contribution >= 4 is 17.6 Å². The van der Waals surface area contributed by atoms with Gasteiger partial charge in [-0.25, -0.2) is 0 Å². The Balaban J connectivity index is 1.83. The number of ether oxygens (including phenoxy) is 3. The van der Waals surface area contributed by atoms with Crippen molar-refractivity contribution in [1.82, 2.24) is 0 Å². The standard InChI is InChI=1S/C21H25ClO4/c1-15(2)25-20(23)21(3,4)13-14-24-17-9-11-19(12-10-17)26-18-7-5-16(22)6-8-18/h5-12,15H,13-14H2,1-4H3. The van der Waals surface area contributed by atoms with Crippen molar-refractivity contribution in [3.63, 3.8) is 0 Å². The van der Waals surface area contributed by atoms with Crippen molar-refractivity contribution in [3.05, 3.63) is 53.6 Å². The molecule has 0 aliphatic carbocycles. The Morgan fingerprint density at radius 2 is 1.46 bits per heavy atom. The monoisotopic (exact) mass is 376 g/mol. The second-order valence-electron chi connectivity index (χ2n) is 6.96. The fourth-order valence-electron chi connectivity index (χ4n) is 2.14. The first-order chi connectivity index (χ1) is 12.3. The molecule has 0 aliphatic heterocycles. The molecule has 0 bridgehead atoms. The number of rotatable bonds is 8. The highest BCUT2D eigenvalue weighted by molar-refractivity contribution is 6.30. The van der Waals surface area contributed by atoms with E-state index >= 15 is 0 Å². The maximum atomic E-state index is 12.1. The SMILES string of the molecule is CC(C)OC(=O)C(C)(C)CCOc1ccc(Oc2ccc(Cl)cc2)cc1. The first kappa shape index (κ1) is 20.1. The number of carbonyl (C=O) groups excluding carboxylic acids is 1. The molecule has 0 saturated heterocycles. The Kier molecular flexibility index (Phi) is 6.92. The molecule has 5 heteroatoms. The second-order valence-corrected chi connectivity index (χ2v) is 7.40. The highest BCUT2D eigenvalue weighted by Crippen LogP contribution is 2.26. The fraction of sp³-hybridized carbons (Fsp3) is 0.381. The Labute approximate surface area is 160 Å². The molecule has 0 radical (unpaired) electrons. The summed E-state index contributed by atoms with van der Waals surface area (Å²) >= 11 is 5.86. The molecule has 0 aliphatic rings. The molecule has 140 valence electrons. The maximum Gasteiger partial charge on any atom is 0.311 e. The minimum absolute atomic E-state index is 0.115. The number of esters is 1. The molecule has 0 aromatic heterocycles. The van der Waals surface area contributed by atoms with Gasteiger partial charge in [0.1, 0.15) is 17.2 Å². The van der Waals surface area contributed by atoms with Crippen LogP contribution in [-0.4, -0.2) is 18.7 Å². The van der Waals surface area contributed by atoms with Gasteiger partial charge >= 0.3 is 5.97 Å². The van der Waals surface area contributed by atoms with Gasteiger partial charge in [0.15, 0.2) is 0 Å². The van der Waals surface area contributed by atoms with Crippen LogP contribution in [0.3, 0.4) is 0 Å². The van der Waals surface area contributed by atoms with Crippen LogP contribution in [-0.2, 0) is 9.53 Å². The molecule has 0 atom stereocenters. The lowest BCUT2D eigenvalue weighted by atomic mass is 9.90. The summed E-state index contributed by atoms with van der Waals surface area (Å²) in [5, 5.41) is 0.668. The van der Waals surface area contributed by atoms with Crippen molar-refractivity contribution < 1.29 is 19.0 Å². The van der Waals surface area contributed by atoms with E-state index in [-0.39, 0.29) is 12.1 Å². The zero-order valence-corrected chi connectivity index (χ0v) is 16.4. The van der Waals surface area contributed by atoms with E-state index in [0.717, 1.165) is 5.75 Å². The fourth-order valence-corrected chi connectivity index (χ4v) is 2.27. The zero-order valence-electron chi connectivity index (χ0n) is 15.6. The largest absolute Gasteiger partial charge is 0.494 e. The van der Waals surface area contributed by atoms with Crippen LogP contribution in [0.25, 0.3) is 0 Å². The van der Waals surface area contributed by atoms with Crippen LogP contribution < -0.4 is 9.47 Å². The maximum absolute atomic E-state index is 12.1. The van der Waals surface area contributed by atoms with Gasteiger partial charge in [0.25, 0.3) is 0 Å². The summed E-state index contributed by atoms with van der Waals surface area (Å²) in [6.07, 6.45) is 0.456. The van der Waals surface area contributed by atoms with Crippen LogP contribution in [0.2, 0.25) is 5.02 Å². The van der Waals surface area contributed by atoms with E-state index in [1.807, 2.05) is 64.1 Å². The molecule has 0 fully saturated rings. The van der Waals surface area contributed by atoms with E-state index in [2.05, 4.69) is 0 Å². The van der Waals surface area contributed by atoms with Gasteiger partial charge in [-0.15, -0.1) is 0 Å². The summed E-state index contributed by atoms with van der Waals surface area (Å²) in [4.78, 5) is 12.1. The summed E-state index contributed by atoms with van der Waals surface area (Å²) in [5.41, 5.74) is -0.581. The van der Waals surface area contributed by atoms with E-state index in [9.17, 15) is 4.79 Å². The molecule has 2 aromatic carbocycles. The third-order valence-electron chi connectivity index (χ3n) is 3.76. The summed E-state index contributed by atoms with van der Waals surface area (Å²) in [5.74, 6) is 1.94. The molecule has 0 saturated carbocycles. The lowest BCUT2D eigenvalue weighted by Crippen LogP contribution is -2.30. The molecular weight excluding hydrogens is 352 g/mol. The van der Waals surface area contributed by atoms with Crippen LogP contribution in [0.15, 0.2) is 48.5 Å². The molecule has 0 spiro atoms. The van der Waals surface area contributed by atoms with Crippen LogP contribution in [0.1, 0.15) is 34.1 Å². The zero-order chi connectivity index (χ0) is 19.2. The number of hydrogen-bond donors (Lipinski definition) is 0. The van der Waals surface area contributed by atoms with E-state index in [4.69, 9.17) is 25.8 Å². The van der Waals surface area contributed by atoms with Crippen molar-refractivity contribution in [2.24, 2.45) is 5.41 Å². The lowest BCUT2D eigenvalue weighted by molar-refractivity contribution is -0.158. The van der Waals surface area contributed by atoms with Gasteiger partial charge in [0.05, 0.1) is 18.1 Å². The molecule has 2 rings (SSSR count). The molecule has 0 amide bonds. The van der Waals surface area contributed by atoms with Gasteiger partial charge in [-0.05, 0) is 82.6 Å². The van der Waals surface area contributed by atoms with E-state index in [0.29, 0.717) is 29.5 Å². The van der Waals surface area contributed by atoms with Gasteiger partial charge < -0.3 is 14.2 Å². The van der Waals surface area contributed by atoms with Gasteiger partial charge in [-0.2, -0.15) is 0 Å². The average molecular weight is 377 g/mol. The van der Waals surface area contributed by atoms with Crippen LogP contribution >= 0.6 is 11.6 Å². The van der Waals surface area contributed by atoms with Crippen molar-refractivity contribution in [2.75, 3.05) is 6.61 Å². The van der Waals surface area contributed by atoms with Gasteiger partial charge in [-0.1, -0.05) is 11.6 Å². The molecule has 4 nitrogen and oxygen atoms in total. The normalized spacial score (nSPS) is 11.3. The number of hydrogen-bond acceptors (Lipinski definition) is 4. The molecule has 0 N–H and O–H groups in total. The summed E-state index contributed by atoms with van der Waals surface area (Å²) in [7, 11) is 0. The Morgan fingerprint density at radius 3 is 2.00 bits per heavy atom. The van der Waals surface area contributed by atoms with Gasteiger partial charge in [0, 0.05) is 5.02 Å².